The van der Waals surface area contributed by atoms with Gasteiger partial charge in [-0.3, -0.25) is 0 Å². The van der Waals surface area contributed by atoms with E-state index in [0.29, 0.717) is 0 Å². The second-order valence-corrected chi connectivity index (χ2v) is 6.84. The van der Waals surface area contributed by atoms with E-state index >= 15 is 0 Å². The molecule has 0 aromatic heterocycles. The van der Waals surface area contributed by atoms with E-state index < -0.39 is 10.8 Å². The first kappa shape index (κ1) is 17.5. The molecule has 0 saturated heterocycles. The Kier molecular flexibility index (Phi) is 7.13. The minimum absolute atomic E-state index is 0.0146. The maximum Gasteiger partial charge on any atom is 0.166 e. The van der Waals surface area contributed by atoms with Gasteiger partial charge < -0.3 is 14.0 Å². The van der Waals surface area contributed by atoms with Crippen molar-refractivity contribution in [1.82, 2.24) is 0 Å². The summed E-state index contributed by atoms with van der Waals surface area (Å²) in [5, 5.41) is 0. The summed E-state index contributed by atoms with van der Waals surface area (Å²) >= 11 is 0. The molecule has 3 aromatic carbocycles. The molecule has 5 heteroatoms. The Morgan fingerprint density at radius 1 is 0.478 bits per heavy atom. The van der Waals surface area contributed by atoms with Crippen LogP contribution in [-0.4, -0.2) is 0 Å². The van der Waals surface area contributed by atoms with Crippen LogP contribution in [0.4, 0.5) is 0 Å². The molecule has 23 heavy (non-hydrogen) atoms. The Morgan fingerprint density at radius 3 is 0.913 bits per heavy atom. The first-order valence-corrected chi connectivity index (χ1v) is 8.96. The van der Waals surface area contributed by atoms with Crippen LogP contribution in [0, 0.1) is 10.8 Å². The van der Waals surface area contributed by atoms with Crippen molar-refractivity contribution < 1.29 is 24.8 Å². The SMILES string of the molecule is [O-][Cl+2]([O-])[O-].c1ccc([S+](c2ccccc2)c2ccccc2)cc1. The van der Waals surface area contributed by atoms with E-state index in [1.807, 2.05) is 0 Å². The van der Waals surface area contributed by atoms with E-state index in [9.17, 15) is 0 Å². The monoisotopic (exact) mass is 346 g/mol. The summed E-state index contributed by atoms with van der Waals surface area (Å²) in [5.41, 5.74) is 0. The lowest BCUT2D eigenvalue weighted by molar-refractivity contribution is -1.73. The van der Waals surface area contributed by atoms with E-state index in [2.05, 4.69) is 91.0 Å². The fourth-order valence-electron chi connectivity index (χ4n) is 2.08. The zero-order valence-electron chi connectivity index (χ0n) is 12.2. The zero-order valence-corrected chi connectivity index (χ0v) is 13.7. The number of hydrogen-bond donors (Lipinski definition) is 0. The molecular formula is C18H15ClO3S. The number of benzene rings is 3. The predicted octanol–water partition coefficient (Wildman–Crippen LogP) is 1.21. The average Bonchev–Trinajstić information content (AvgIpc) is 2.58. The predicted molar refractivity (Wildman–Crippen MR) is 81.5 cm³/mol. The van der Waals surface area contributed by atoms with E-state index in [4.69, 9.17) is 14.0 Å². The average molecular weight is 347 g/mol. The van der Waals surface area contributed by atoms with Crippen molar-refractivity contribution in [3.05, 3.63) is 91.0 Å². The van der Waals surface area contributed by atoms with Crippen molar-refractivity contribution in [3.63, 3.8) is 0 Å². The molecular weight excluding hydrogens is 332 g/mol. The van der Waals surface area contributed by atoms with Gasteiger partial charge in [-0.1, -0.05) is 54.6 Å². The molecule has 0 heterocycles. The van der Waals surface area contributed by atoms with Gasteiger partial charge in [0, 0.05) is 0 Å². The van der Waals surface area contributed by atoms with Gasteiger partial charge in [0.1, 0.15) is 0 Å². The van der Waals surface area contributed by atoms with Crippen LogP contribution in [0.5, 0.6) is 0 Å². The van der Waals surface area contributed by atoms with Crippen LogP contribution in [0.2, 0.25) is 0 Å². The topological polar surface area (TPSA) is 69.2 Å². The van der Waals surface area contributed by atoms with E-state index in [-0.39, 0.29) is 10.9 Å². The van der Waals surface area contributed by atoms with Gasteiger partial charge in [-0.2, -0.15) is 0 Å². The van der Waals surface area contributed by atoms with Gasteiger partial charge in [-0.25, -0.2) is 0 Å². The molecule has 0 aliphatic rings. The van der Waals surface area contributed by atoms with Gasteiger partial charge in [-0.15, -0.1) is 0 Å². The maximum absolute atomic E-state index is 8.41. The molecule has 0 N–H and O–H groups in total. The minimum atomic E-state index is -2.85. The van der Waals surface area contributed by atoms with E-state index in [1.165, 1.54) is 14.7 Å². The van der Waals surface area contributed by atoms with Crippen molar-refractivity contribution in [1.29, 1.82) is 0 Å². The zero-order chi connectivity index (χ0) is 16.5. The molecule has 3 aromatic rings. The maximum atomic E-state index is 8.41. The van der Waals surface area contributed by atoms with Crippen LogP contribution < -0.4 is 14.0 Å². The third-order valence-electron chi connectivity index (χ3n) is 2.94. The van der Waals surface area contributed by atoms with Gasteiger partial charge in [-0.05, 0) is 36.4 Å². The normalized spacial score (nSPS) is 10.3. The molecule has 0 aliphatic carbocycles. The summed E-state index contributed by atoms with van der Waals surface area (Å²) in [6.07, 6.45) is 0. The highest BCUT2D eigenvalue weighted by atomic mass is 35.6. The summed E-state index contributed by atoms with van der Waals surface area (Å²) in [6.45, 7) is 0. The van der Waals surface area contributed by atoms with Crippen LogP contribution in [0.1, 0.15) is 0 Å². The third-order valence-corrected chi connectivity index (χ3v) is 5.17. The highest BCUT2D eigenvalue weighted by Gasteiger charge is 2.27. The van der Waals surface area contributed by atoms with Crippen LogP contribution in [-0.2, 0) is 10.9 Å². The fraction of sp³-hybridized carbons (Fsp3) is 0. The van der Waals surface area contributed by atoms with Crippen molar-refractivity contribution in [2.24, 2.45) is 0 Å². The molecule has 0 saturated carbocycles. The molecule has 0 spiro atoms. The highest BCUT2D eigenvalue weighted by molar-refractivity contribution is 7.97. The third kappa shape index (κ3) is 5.71. The van der Waals surface area contributed by atoms with Crippen LogP contribution in [0.15, 0.2) is 106 Å². The van der Waals surface area contributed by atoms with Gasteiger partial charge in [0.15, 0.2) is 14.7 Å². The summed E-state index contributed by atoms with van der Waals surface area (Å²) in [6, 6.07) is 32.2. The molecule has 0 atom stereocenters. The molecule has 0 aliphatic heterocycles. The highest BCUT2D eigenvalue weighted by Crippen LogP contribution is 2.30. The molecule has 0 fully saturated rings. The lowest BCUT2D eigenvalue weighted by Crippen LogP contribution is -2.42. The van der Waals surface area contributed by atoms with Gasteiger partial charge in [0.2, 0.25) is 0 Å². The fourth-order valence-corrected chi connectivity index (χ4v) is 4.18. The standard InChI is InChI=1S/C18H15S.ClO3/c1-4-10-16(11-5-1)19(17-12-6-2-7-13-17)18-14-8-3-9-15-18;2-1(3)4/h1-15H;/q+1;-1. The van der Waals surface area contributed by atoms with Crippen molar-refractivity contribution in [2.75, 3.05) is 0 Å². The Balaban J connectivity index is 0.000000433. The lowest BCUT2D eigenvalue weighted by atomic mass is 10.4. The largest absolute Gasteiger partial charge is 0.357 e. The molecule has 3 nitrogen and oxygen atoms in total. The summed E-state index contributed by atoms with van der Waals surface area (Å²) in [5.74, 6) is 0. The van der Waals surface area contributed by atoms with E-state index in [0.717, 1.165) is 0 Å². The molecule has 0 radical (unpaired) electrons. The number of hydrogen-bond acceptors (Lipinski definition) is 3. The van der Waals surface area contributed by atoms with Gasteiger partial charge in [0.25, 0.3) is 0 Å². The molecule has 118 valence electrons. The first-order valence-electron chi connectivity index (χ1n) is 6.81. The number of halogens is 1. The molecule has 3 rings (SSSR count). The summed E-state index contributed by atoms with van der Waals surface area (Å²) in [7, 11) is -2.87. The van der Waals surface area contributed by atoms with Gasteiger partial charge >= 0.3 is 0 Å². The summed E-state index contributed by atoms with van der Waals surface area (Å²) in [4.78, 5) is 4.08. The van der Waals surface area contributed by atoms with Gasteiger partial charge in [0.05, 0.1) is 21.7 Å². The van der Waals surface area contributed by atoms with Crippen LogP contribution in [0.25, 0.3) is 0 Å². The first-order chi connectivity index (χ1) is 11.2. The molecule has 0 bridgehead atoms. The Bertz CT molecular complexity index is 582. The van der Waals surface area contributed by atoms with Crippen molar-refractivity contribution >= 4 is 10.9 Å². The second kappa shape index (κ2) is 9.35. The minimum Gasteiger partial charge on any atom is -0.357 e. The van der Waals surface area contributed by atoms with Crippen LogP contribution >= 0.6 is 0 Å². The summed E-state index contributed by atoms with van der Waals surface area (Å²) < 4.78 is 25.2. The quantitative estimate of drug-likeness (QED) is 0.669. The van der Waals surface area contributed by atoms with Crippen molar-refractivity contribution in [2.45, 2.75) is 14.7 Å². The Hall–Kier alpha value is -1.82. The lowest BCUT2D eigenvalue weighted by Gasteiger charge is -2.07. The molecule has 0 amide bonds. The second-order valence-electron chi connectivity index (χ2n) is 4.43. The number of rotatable bonds is 3. The van der Waals surface area contributed by atoms with Crippen molar-refractivity contribution in [3.8, 4) is 0 Å². The van der Waals surface area contributed by atoms with Crippen LogP contribution in [0.3, 0.4) is 0 Å². The molecule has 0 unspecified atom stereocenters. The Morgan fingerprint density at radius 2 is 0.696 bits per heavy atom. The smallest absolute Gasteiger partial charge is 0.166 e. The van der Waals surface area contributed by atoms with E-state index in [1.54, 1.807) is 0 Å². The Labute approximate surface area is 141 Å².